The molecule has 2 aromatic rings. The van der Waals surface area contributed by atoms with Crippen LogP contribution in [0.3, 0.4) is 0 Å². The summed E-state index contributed by atoms with van der Waals surface area (Å²) < 4.78 is 12.7. The highest BCUT2D eigenvalue weighted by atomic mass is 35.5. The second-order valence-electron chi connectivity index (χ2n) is 6.00. The number of methoxy groups -OCH3 is 1. The minimum Gasteiger partial charge on any atom is -0.485 e. The van der Waals surface area contributed by atoms with E-state index < -0.39 is 5.91 Å². The van der Waals surface area contributed by atoms with Crippen molar-refractivity contribution < 1.29 is 19.1 Å². The molecule has 7 heteroatoms. The quantitative estimate of drug-likeness (QED) is 0.536. The number of halogens is 1. The second kappa shape index (κ2) is 8.87. The van der Waals surface area contributed by atoms with Crippen LogP contribution < -0.4 is 10.5 Å². The summed E-state index contributed by atoms with van der Waals surface area (Å²) in [6, 6.07) is 6.38. The van der Waals surface area contributed by atoms with E-state index in [-0.39, 0.29) is 23.7 Å². The van der Waals surface area contributed by atoms with Crippen molar-refractivity contribution in [2.75, 3.05) is 20.3 Å². The molecule has 0 atom stereocenters. The number of Topliss-reactive ketones (excluding diaryl/α,β-unsaturated/α-hetero) is 1. The molecule has 0 radical (unpaired) electrons. The van der Waals surface area contributed by atoms with E-state index >= 15 is 0 Å². The number of nitrogens with zero attached hydrogens (tertiary/aromatic N) is 1. The zero-order chi connectivity index (χ0) is 19.3. The van der Waals surface area contributed by atoms with Crippen LogP contribution in [0.5, 0.6) is 5.75 Å². The number of ether oxygens (including phenoxy) is 2. The SMILES string of the molecule is COCCCn1c(C)cc(C(=O)COc2ccc(Cl)cc2C(N)=O)c1C. The number of carbonyl (C=O) groups excluding carboxylic acids is 2. The molecule has 0 aliphatic carbocycles. The molecule has 0 fully saturated rings. The van der Waals surface area contributed by atoms with Crippen molar-refractivity contribution in [3.05, 3.63) is 51.8 Å². The third-order valence-corrected chi connectivity index (χ3v) is 4.41. The molecule has 26 heavy (non-hydrogen) atoms. The van der Waals surface area contributed by atoms with Crippen molar-refractivity contribution >= 4 is 23.3 Å². The molecule has 1 heterocycles. The average Bonchev–Trinajstić information content (AvgIpc) is 2.88. The molecule has 6 nitrogen and oxygen atoms in total. The number of aryl methyl sites for hydroxylation is 1. The van der Waals surface area contributed by atoms with Gasteiger partial charge in [0.15, 0.2) is 6.61 Å². The lowest BCUT2D eigenvalue weighted by Crippen LogP contribution is -2.17. The first kappa shape index (κ1) is 20.0. The number of ketones is 1. The van der Waals surface area contributed by atoms with Crippen molar-refractivity contribution in [3.8, 4) is 5.75 Å². The topological polar surface area (TPSA) is 83.6 Å². The summed E-state index contributed by atoms with van der Waals surface area (Å²) in [4.78, 5) is 24.1. The Balaban J connectivity index is 2.12. The number of nitrogens with two attached hydrogens (primary N) is 1. The van der Waals surface area contributed by atoms with Crippen LogP contribution in [0, 0.1) is 13.8 Å². The van der Waals surface area contributed by atoms with Gasteiger partial charge in [0.05, 0.1) is 5.56 Å². The lowest BCUT2D eigenvalue weighted by atomic mass is 10.1. The number of amides is 1. The van der Waals surface area contributed by atoms with E-state index in [0.29, 0.717) is 17.2 Å². The Kier molecular flexibility index (Phi) is 6.83. The van der Waals surface area contributed by atoms with Crippen molar-refractivity contribution in [2.45, 2.75) is 26.8 Å². The highest BCUT2D eigenvalue weighted by Gasteiger charge is 2.17. The molecule has 2 N–H and O–H groups in total. The molecule has 1 amide bonds. The molecule has 1 aromatic carbocycles. The van der Waals surface area contributed by atoms with Gasteiger partial charge >= 0.3 is 0 Å². The van der Waals surface area contributed by atoms with E-state index in [0.717, 1.165) is 24.4 Å². The van der Waals surface area contributed by atoms with Crippen LogP contribution in [-0.2, 0) is 11.3 Å². The normalized spacial score (nSPS) is 10.8. The molecule has 0 aliphatic rings. The maximum Gasteiger partial charge on any atom is 0.252 e. The van der Waals surface area contributed by atoms with Crippen molar-refractivity contribution in [2.24, 2.45) is 5.73 Å². The van der Waals surface area contributed by atoms with Crippen LogP contribution >= 0.6 is 11.6 Å². The number of carbonyl (C=O) groups is 2. The fourth-order valence-electron chi connectivity index (χ4n) is 2.84. The summed E-state index contributed by atoms with van der Waals surface area (Å²) >= 11 is 5.87. The third kappa shape index (κ3) is 4.65. The Hall–Kier alpha value is -2.31. The maximum atomic E-state index is 12.6. The number of rotatable bonds is 9. The zero-order valence-electron chi connectivity index (χ0n) is 15.2. The predicted octanol–water partition coefficient (Wildman–Crippen LogP) is 3.16. The first-order valence-corrected chi connectivity index (χ1v) is 8.64. The molecule has 2 rings (SSSR count). The van der Waals surface area contributed by atoms with Crippen LogP contribution in [-0.4, -0.2) is 36.6 Å². The second-order valence-corrected chi connectivity index (χ2v) is 6.44. The van der Waals surface area contributed by atoms with Crippen LogP contribution in [0.4, 0.5) is 0 Å². The van der Waals surface area contributed by atoms with E-state index in [2.05, 4.69) is 4.57 Å². The van der Waals surface area contributed by atoms with Gasteiger partial charge in [0, 0.05) is 42.2 Å². The zero-order valence-corrected chi connectivity index (χ0v) is 15.9. The van der Waals surface area contributed by atoms with Crippen LogP contribution in [0.15, 0.2) is 24.3 Å². The minimum atomic E-state index is -0.661. The number of hydrogen-bond acceptors (Lipinski definition) is 4. The van der Waals surface area contributed by atoms with Crippen molar-refractivity contribution in [3.63, 3.8) is 0 Å². The molecule has 0 saturated heterocycles. The molecule has 0 bridgehead atoms. The summed E-state index contributed by atoms with van der Waals surface area (Å²) in [6.07, 6.45) is 0.865. The molecular formula is C19H23ClN2O4. The summed E-state index contributed by atoms with van der Waals surface area (Å²) in [5.41, 5.74) is 7.98. The first-order valence-electron chi connectivity index (χ1n) is 8.26. The molecule has 0 aliphatic heterocycles. The number of primary amides is 1. The van der Waals surface area contributed by atoms with Gasteiger partial charge in [-0.25, -0.2) is 0 Å². The molecular weight excluding hydrogens is 356 g/mol. The van der Waals surface area contributed by atoms with Gasteiger partial charge in [-0.15, -0.1) is 0 Å². The van der Waals surface area contributed by atoms with Gasteiger partial charge in [-0.2, -0.15) is 0 Å². The predicted molar refractivity (Wildman–Crippen MR) is 100 cm³/mol. The largest absolute Gasteiger partial charge is 0.485 e. The van der Waals surface area contributed by atoms with Crippen LogP contribution in [0.2, 0.25) is 5.02 Å². The van der Waals surface area contributed by atoms with Gasteiger partial charge in [-0.1, -0.05) is 11.6 Å². The number of aromatic nitrogens is 1. The van der Waals surface area contributed by atoms with Gasteiger partial charge in [0.1, 0.15) is 5.75 Å². The van der Waals surface area contributed by atoms with Crippen molar-refractivity contribution in [1.29, 1.82) is 0 Å². The van der Waals surface area contributed by atoms with E-state index in [9.17, 15) is 9.59 Å². The van der Waals surface area contributed by atoms with E-state index in [4.69, 9.17) is 26.8 Å². The molecule has 1 aromatic heterocycles. The number of benzene rings is 1. The number of hydrogen-bond donors (Lipinski definition) is 1. The lowest BCUT2D eigenvalue weighted by molar-refractivity contribution is 0.0911. The van der Waals surface area contributed by atoms with Gasteiger partial charge in [0.2, 0.25) is 5.78 Å². The minimum absolute atomic E-state index is 0.148. The Morgan fingerprint density at radius 3 is 2.58 bits per heavy atom. The Morgan fingerprint density at radius 2 is 1.92 bits per heavy atom. The maximum absolute atomic E-state index is 12.6. The Labute approximate surface area is 157 Å². The van der Waals surface area contributed by atoms with Crippen LogP contribution in [0.25, 0.3) is 0 Å². The molecule has 140 valence electrons. The van der Waals surface area contributed by atoms with E-state index in [1.807, 2.05) is 19.9 Å². The average molecular weight is 379 g/mol. The fourth-order valence-corrected chi connectivity index (χ4v) is 3.01. The van der Waals surface area contributed by atoms with Gasteiger partial charge < -0.3 is 19.8 Å². The van der Waals surface area contributed by atoms with E-state index in [1.54, 1.807) is 13.2 Å². The lowest BCUT2D eigenvalue weighted by Gasteiger charge is -2.11. The fraction of sp³-hybridized carbons (Fsp3) is 0.368. The highest BCUT2D eigenvalue weighted by molar-refractivity contribution is 6.31. The summed E-state index contributed by atoms with van der Waals surface area (Å²) in [6.45, 7) is 5.12. The Morgan fingerprint density at radius 1 is 1.19 bits per heavy atom. The summed E-state index contributed by atoms with van der Waals surface area (Å²) in [5.74, 6) is -0.586. The Bertz CT molecular complexity index is 814. The standard InChI is InChI=1S/C19H23ClN2O4/c1-12-9-15(13(2)22(12)7-4-8-25-3)17(23)11-26-18-6-5-14(20)10-16(18)19(21)24/h5-6,9-10H,4,7-8,11H2,1-3H3,(H2,21,24). The molecule has 0 spiro atoms. The van der Waals surface area contributed by atoms with Gasteiger partial charge in [-0.05, 0) is 44.5 Å². The monoisotopic (exact) mass is 378 g/mol. The van der Waals surface area contributed by atoms with Crippen LogP contribution in [0.1, 0.15) is 38.5 Å². The van der Waals surface area contributed by atoms with Gasteiger partial charge in [0.25, 0.3) is 5.91 Å². The van der Waals surface area contributed by atoms with Crippen molar-refractivity contribution in [1.82, 2.24) is 4.57 Å². The highest BCUT2D eigenvalue weighted by Crippen LogP contribution is 2.23. The van der Waals surface area contributed by atoms with E-state index in [1.165, 1.54) is 12.1 Å². The third-order valence-electron chi connectivity index (χ3n) is 4.17. The molecule has 0 saturated carbocycles. The van der Waals surface area contributed by atoms with Gasteiger partial charge in [-0.3, -0.25) is 9.59 Å². The summed E-state index contributed by atoms with van der Waals surface area (Å²) in [5, 5.41) is 0.372. The first-order chi connectivity index (χ1) is 12.3. The smallest absolute Gasteiger partial charge is 0.252 e. The summed E-state index contributed by atoms with van der Waals surface area (Å²) in [7, 11) is 1.67. The molecule has 0 unspecified atom stereocenters.